The summed E-state index contributed by atoms with van der Waals surface area (Å²) in [6.07, 6.45) is 0. The molecule has 2 aromatic rings. The molecule has 1 unspecified atom stereocenters. The summed E-state index contributed by atoms with van der Waals surface area (Å²) in [5, 5.41) is 12.1. The Bertz CT molecular complexity index is 589. The highest BCUT2D eigenvalue weighted by Crippen LogP contribution is 2.25. The first-order valence-electron chi connectivity index (χ1n) is 5.57. The molecule has 0 aromatic heterocycles. The van der Waals surface area contributed by atoms with E-state index in [-0.39, 0.29) is 5.56 Å². The van der Waals surface area contributed by atoms with Gasteiger partial charge in [0.25, 0.3) is 0 Å². The minimum atomic E-state index is -1.14. The zero-order valence-electron chi connectivity index (χ0n) is 9.81. The van der Waals surface area contributed by atoms with E-state index in [0.717, 1.165) is 0 Å². The molecular weight excluding hydrogens is 313 g/mol. The first kappa shape index (κ1) is 13.5. The van der Waals surface area contributed by atoms with E-state index in [0.29, 0.717) is 10.2 Å². The van der Waals surface area contributed by atoms with Crippen LogP contribution in [-0.4, -0.2) is 11.1 Å². The van der Waals surface area contributed by atoms with Crippen molar-refractivity contribution in [3.8, 4) is 0 Å². The predicted molar refractivity (Wildman–Crippen MR) is 74.5 cm³/mol. The van der Waals surface area contributed by atoms with E-state index in [9.17, 15) is 14.3 Å². The molecule has 0 saturated carbocycles. The van der Waals surface area contributed by atoms with Gasteiger partial charge < -0.3 is 10.4 Å². The van der Waals surface area contributed by atoms with Crippen molar-refractivity contribution in [3.05, 3.63) is 64.4 Å². The van der Waals surface area contributed by atoms with Gasteiger partial charge in [-0.3, -0.25) is 0 Å². The molecule has 0 saturated heterocycles. The number of carbonyl (C=O) groups is 1. The van der Waals surface area contributed by atoms with Crippen LogP contribution in [0.5, 0.6) is 0 Å². The van der Waals surface area contributed by atoms with Crippen molar-refractivity contribution < 1.29 is 14.3 Å². The zero-order chi connectivity index (χ0) is 13.8. The van der Waals surface area contributed by atoms with Crippen LogP contribution >= 0.6 is 15.9 Å². The molecule has 0 aliphatic rings. The Morgan fingerprint density at radius 2 is 1.89 bits per heavy atom. The predicted octanol–water partition coefficient (Wildman–Crippen LogP) is 3.83. The number of nitrogens with one attached hydrogen (secondary N) is 1. The van der Waals surface area contributed by atoms with Gasteiger partial charge >= 0.3 is 5.97 Å². The number of aliphatic carboxylic acids is 1. The monoisotopic (exact) mass is 323 g/mol. The van der Waals surface area contributed by atoms with E-state index in [1.807, 2.05) is 6.07 Å². The molecule has 0 aliphatic heterocycles. The molecule has 2 rings (SSSR count). The van der Waals surface area contributed by atoms with Crippen molar-refractivity contribution in [2.45, 2.75) is 6.04 Å². The molecule has 98 valence electrons. The van der Waals surface area contributed by atoms with E-state index in [4.69, 9.17) is 0 Å². The molecule has 0 aliphatic carbocycles. The first-order chi connectivity index (χ1) is 9.08. The fourth-order valence-electron chi connectivity index (χ4n) is 1.71. The fourth-order valence-corrected chi connectivity index (χ4v) is 2.09. The van der Waals surface area contributed by atoms with Gasteiger partial charge in [0, 0.05) is 15.7 Å². The van der Waals surface area contributed by atoms with Crippen LogP contribution < -0.4 is 5.32 Å². The number of carboxylic acids is 1. The fraction of sp³-hybridized carbons (Fsp3) is 0.0714. The summed E-state index contributed by atoms with van der Waals surface area (Å²) < 4.78 is 14.4. The van der Waals surface area contributed by atoms with Crippen LogP contribution in [0.4, 0.5) is 10.1 Å². The van der Waals surface area contributed by atoms with Gasteiger partial charge in [-0.2, -0.15) is 0 Å². The second kappa shape index (κ2) is 5.84. The largest absolute Gasteiger partial charge is 0.479 e. The van der Waals surface area contributed by atoms with Crippen LogP contribution in [0, 0.1) is 5.82 Å². The zero-order valence-corrected chi connectivity index (χ0v) is 11.4. The van der Waals surface area contributed by atoms with Crippen LogP contribution in [0.2, 0.25) is 0 Å². The lowest BCUT2D eigenvalue weighted by molar-refractivity contribution is -0.138. The van der Waals surface area contributed by atoms with Crippen LogP contribution in [-0.2, 0) is 4.79 Å². The van der Waals surface area contributed by atoms with Crippen LogP contribution in [0.3, 0.4) is 0 Å². The maximum atomic E-state index is 13.8. The summed E-state index contributed by atoms with van der Waals surface area (Å²) in [4.78, 5) is 11.3. The van der Waals surface area contributed by atoms with Crippen molar-refractivity contribution in [2.24, 2.45) is 0 Å². The number of rotatable bonds is 4. The highest BCUT2D eigenvalue weighted by molar-refractivity contribution is 9.10. The summed E-state index contributed by atoms with van der Waals surface area (Å²) in [7, 11) is 0. The Labute approximate surface area is 118 Å². The van der Waals surface area contributed by atoms with E-state index < -0.39 is 17.8 Å². The average molecular weight is 324 g/mol. The highest BCUT2D eigenvalue weighted by atomic mass is 79.9. The summed E-state index contributed by atoms with van der Waals surface area (Å²) in [6.45, 7) is 0. The van der Waals surface area contributed by atoms with Crippen molar-refractivity contribution in [2.75, 3.05) is 5.32 Å². The van der Waals surface area contributed by atoms with Crippen molar-refractivity contribution >= 4 is 27.6 Å². The lowest BCUT2D eigenvalue weighted by atomic mass is 10.1. The van der Waals surface area contributed by atoms with Gasteiger partial charge in [-0.15, -0.1) is 0 Å². The Balaban J connectivity index is 2.35. The summed E-state index contributed by atoms with van der Waals surface area (Å²) in [6, 6.07) is 11.9. The quantitative estimate of drug-likeness (QED) is 0.899. The van der Waals surface area contributed by atoms with Gasteiger partial charge in [-0.25, -0.2) is 9.18 Å². The minimum absolute atomic E-state index is 0.0886. The number of halogens is 2. The van der Waals surface area contributed by atoms with Crippen LogP contribution in [0.1, 0.15) is 11.6 Å². The highest BCUT2D eigenvalue weighted by Gasteiger charge is 2.23. The summed E-state index contributed by atoms with van der Waals surface area (Å²) >= 11 is 3.21. The summed E-state index contributed by atoms with van der Waals surface area (Å²) in [5.74, 6) is -1.69. The number of hydrogen-bond acceptors (Lipinski definition) is 2. The number of para-hydroxylation sites is 1. The second-order valence-electron chi connectivity index (χ2n) is 3.95. The van der Waals surface area contributed by atoms with Crippen LogP contribution in [0.15, 0.2) is 53.0 Å². The number of anilines is 1. The third kappa shape index (κ3) is 3.32. The normalized spacial score (nSPS) is 11.9. The van der Waals surface area contributed by atoms with Gasteiger partial charge in [0.05, 0.1) is 0 Å². The molecule has 0 amide bonds. The van der Waals surface area contributed by atoms with E-state index in [1.54, 1.807) is 24.3 Å². The molecule has 1 atom stereocenters. The van der Waals surface area contributed by atoms with Gasteiger partial charge in [0.15, 0.2) is 6.04 Å². The Morgan fingerprint density at radius 3 is 2.53 bits per heavy atom. The first-order valence-corrected chi connectivity index (χ1v) is 6.36. The smallest absolute Gasteiger partial charge is 0.330 e. The van der Waals surface area contributed by atoms with E-state index in [2.05, 4.69) is 21.2 Å². The molecule has 2 aromatic carbocycles. The van der Waals surface area contributed by atoms with Crippen molar-refractivity contribution in [1.29, 1.82) is 0 Å². The van der Waals surface area contributed by atoms with Gasteiger partial charge in [-0.05, 0) is 30.3 Å². The second-order valence-corrected chi connectivity index (χ2v) is 4.86. The molecule has 0 fully saturated rings. The maximum absolute atomic E-state index is 13.8. The Morgan fingerprint density at radius 1 is 1.21 bits per heavy atom. The minimum Gasteiger partial charge on any atom is -0.479 e. The summed E-state index contributed by atoms with van der Waals surface area (Å²) in [5.41, 5.74) is 0.708. The van der Waals surface area contributed by atoms with Gasteiger partial charge in [-0.1, -0.05) is 34.1 Å². The third-order valence-electron chi connectivity index (χ3n) is 2.60. The molecule has 0 bridgehead atoms. The molecule has 0 heterocycles. The molecular formula is C14H11BrFNO2. The number of hydrogen-bond donors (Lipinski definition) is 2. The Kier molecular flexibility index (Phi) is 4.16. The Hall–Kier alpha value is -1.88. The van der Waals surface area contributed by atoms with Crippen molar-refractivity contribution in [1.82, 2.24) is 0 Å². The standard InChI is InChI=1S/C14H11BrFNO2/c15-9-6-7-12(16)11(8-9)13(14(18)19)17-10-4-2-1-3-5-10/h1-8,13,17H,(H,18,19). The lowest BCUT2D eigenvalue weighted by Crippen LogP contribution is -2.21. The average Bonchev–Trinajstić information content (AvgIpc) is 2.40. The SMILES string of the molecule is O=C(O)C(Nc1ccccc1)c1cc(Br)ccc1F. The van der Waals surface area contributed by atoms with Gasteiger partial charge in [0.2, 0.25) is 0 Å². The molecule has 19 heavy (non-hydrogen) atoms. The molecule has 0 spiro atoms. The van der Waals surface area contributed by atoms with E-state index >= 15 is 0 Å². The topological polar surface area (TPSA) is 49.3 Å². The van der Waals surface area contributed by atoms with Crippen LogP contribution in [0.25, 0.3) is 0 Å². The maximum Gasteiger partial charge on any atom is 0.330 e. The lowest BCUT2D eigenvalue weighted by Gasteiger charge is -2.17. The molecule has 2 N–H and O–H groups in total. The molecule has 3 nitrogen and oxygen atoms in total. The number of carboxylic acid groups (broad SMARTS) is 1. The number of benzene rings is 2. The third-order valence-corrected chi connectivity index (χ3v) is 3.09. The molecule has 5 heteroatoms. The van der Waals surface area contributed by atoms with E-state index in [1.165, 1.54) is 18.2 Å². The van der Waals surface area contributed by atoms with Crippen molar-refractivity contribution in [3.63, 3.8) is 0 Å². The van der Waals surface area contributed by atoms with Gasteiger partial charge in [0.1, 0.15) is 5.82 Å². The molecule has 0 radical (unpaired) electrons.